The molecule has 0 saturated heterocycles. The second-order valence-electron chi connectivity index (χ2n) is 9.79. The predicted molar refractivity (Wildman–Crippen MR) is 156 cm³/mol. The van der Waals surface area contributed by atoms with Crippen molar-refractivity contribution in [2.75, 3.05) is 26.9 Å². The van der Waals surface area contributed by atoms with Crippen molar-refractivity contribution in [1.82, 2.24) is 0 Å². The van der Waals surface area contributed by atoms with E-state index in [-0.39, 0.29) is 12.1 Å². The summed E-state index contributed by atoms with van der Waals surface area (Å²) < 4.78 is 22.9. The van der Waals surface area contributed by atoms with Crippen molar-refractivity contribution in [2.24, 2.45) is 0 Å². The Morgan fingerprint density at radius 1 is 0.821 bits per heavy atom. The first-order valence-electron chi connectivity index (χ1n) is 14.0. The number of benzene rings is 3. The van der Waals surface area contributed by atoms with Crippen LogP contribution in [0.2, 0.25) is 0 Å². The normalized spacial score (nSPS) is 14.7. The van der Waals surface area contributed by atoms with E-state index in [4.69, 9.17) is 18.9 Å². The Kier molecular flexibility index (Phi) is 10.3. The van der Waals surface area contributed by atoms with Gasteiger partial charge in [-0.15, -0.1) is 0 Å². The molecule has 0 amide bonds. The quantitative estimate of drug-likeness (QED) is 0.177. The van der Waals surface area contributed by atoms with E-state index in [2.05, 4.69) is 62.4 Å². The highest BCUT2D eigenvalue weighted by Crippen LogP contribution is 2.36. The Morgan fingerprint density at radius 3 is 2.08 bits per heavy atom. The third-order valence-electron chi connectivity index (χ3n) is 7.07. The Bertz CT molecular complexity index is 1260. The third-order valence-corrected chi connectivity index (χ3v) is 7.07. The Labute approximate surface area is 232 Å². The second kappa shape index (κ2) is 14.1. The first-order valence-corrected chi connectivity index (χ1v) is 14.0. The SMILES string of the molecule is CCCc1ccc2c(c1)C=Cc1cc(CC)ccc1C2OCCOc1ccc(CC(OC)C(=O)OCC)cc1. The summed E-state index contributed by atoms with van der Waals surface area (Å²) in [7, 11) is 1.52. The van der Waals surface area contributed by atoms with E-state index in [1.807, 2.05) is 24.3 Å². The minimum Gasteiger partial charge on any atom is -0.491 e. The number of fused-ring (bicyclic) bond motifs is 2. The van der Waals surface area contributed by atoms with E-state index < -0.39 is 6.10 Å². The Morgan fingerprint density at radius 2 is 1.46 bits per heavy atom. The van der Waals surface area contributed by atoms with Gasteiger partial charge in [0.25, 0.3) is 0 Å². The fourth-order valence-corrected chi connectivity index (χ4v) is 4.96. The van der Waals surface area contributed by atoms with Gasteiger partial charge in [0.15, 0.2) is 6.10 Å². The first-order chi connectivity index (χ1) is 19.1. The topological polar surface area (TPSA) is 54.0 Å². The number of ether oxygens (including phenoxy) is 4. The predicted octanol–water partition coefficient (Wildman–Crippen LogP) is 6.99. The molecule has 5 nitrogen and oxygen atoms in total. The standard InChI is InChI=1S/C34H40O5/c1-5-8-25-12-18-31-28(22-25)14-13-27-21-24(6-2)11-17-30(27)33(31)39-20-19-38-29-15-9-26(10-16-29)23-32(36-4)34(35)37-7-3/h9-18,21-22,32-33H,5-8,19-20,23H2,1-4H3. The van der Waals surface area contributed by atoms with Crippen molar-refractivity contribution >= 4 is 18.1 Å². The molecule has 0 fully saturated rings. The summed E-state index contributed by atoms with van der Waals surface area (Å²) in [6.45, 7) is 7.40. The fraction of sp³-hybridized carbons (Fsp3) is 0.382. The minimum absolute atomic E-state index is 0.161. The van der Waals surface area contributed by atoms with Crippen LogP contribution in [0.3, 0.4) is 0 Å². The molecule has 0 aromatic heterocycles. The average Bonchev–Trinajstić information content (AvgIpc) is 3.11. The molecule has 3 aromatic carbocycles. The Hall–Kier alpha value is -3.41. The molecule has 1 aliphatic carbocycles. The van der Waals surface area contributed by atoms with Crippen molar-refractivity contribution < 1.29 is 23.7 Å². The van der Waals surface area contributed by atoms with Crippen molar-refractivity contribution in [1.29, 1.82) is 0 Å². The minimum atomic E-state index is -0.614. The lowest BCUT2D eigenvalue weighted by atomic mass is 9.93. The van der Waals surface area contributed by atoms with Gasteiger partial charge in [0, 0.05) is 13.5 Å². The van der Waals surface area contributed by atoms with Crippen LogP contribution in [0, 0.1) is 0 Å². The van der Waals surface area contributed by atoms with E-state index in [1.165, 1.54) is 40.5 Å². The van der Waals surface area contributed by atoms with Crippen LogP contribution in [0.25, 0.3) is 12.2 Å². The summed E-state index contributed by atoms with van der Waals surface area (Å²) in [6.07, 6.45) is 7.32. The van der Waals surface area contributed by atoms with E-state index in [0.29, 0.717) is 26.2 Å². The lowest BCUT2D eigenvalue weighted by molar-refractivity contribution is -0.154. The second-order valence-corrected chi connectivity index (χ2v) is 9.79. The molecular formula is C34H40O5. The van der Waals surface area contributed by atoms with Crippen LogP contribution in [0.4, 0.5) is 0 Å². The largest absolute Gasteiger partial charge is 0.491 e. The molecule has 5 heteroatoms. The highest BCUT2D eigenvalue weighted by Gasteiger charge is 2.23. The summed E-state index contributed by atoms with van der Waals surface area (Å²) in [5.74, 6) is 0.412. The molecule has 0 radical (unpaired) electrons. The van der Waals surface area contributed by atoms with E-state index >= 15 is 0 Å². The monoisotopic (exact) mass is 528 g/mol. The van der Waals surface area contributed by atoms with Crippen LogP contribution in [0.1, 0.15) is 72.2 Å². The number of aryl methyl sites for hydroxylation is 2. The maximum Gasteiger partial charge on any atom is 0.335 e. The van der Waals surface area contributed by atoms with Crippen LogP contribution >= 0.6 is 0 Å². The summed E-state index contributed by atoms with van der Waals surface area (Å²) in [4.78, 5) is 12.0. The number of carbonyl (C=O) groups excluding carboxylic acids is 1. The maximum absolute atomic E-state index is 12.0. The third kappa shape index (κ3) is 7.37. The number of rotatable bonds is 13. The van der Waals surface area contributed by atoms with Gasteiger partial charge >= 0.3 is 5.97 Å². The van der Waals surface area contributed by atoms with Gasteiger partial charge in [-0.1, -0.05) is 81.0 Å². The molecule has 206 valence electrons. The van der Waals surface area contributed by atoms with Gasteiger partial charge in [0.05, 0.1) is 13.2 Å². The molecule has 1 aliphatic rings. The highest BCUT2D eigenvalue weighted by molar-refractivity contribution is 5.77. The number of esters is 1. The zero-order chi connectivity index (χ0) is 27.6. The van der Waals surface area contributed by atoms with Crippen molar-refractivity contribution in [3.05, 3.63) is 99.6 Å². The van der Waals surface area contributed by atoms with Gasteiger partial charge in [-0.25, -0.2) is 4.79 Å². The Balaban J connectivity index is 1.41. The van der Waals surface area contributed by atoms with Gasteiger partial charge in [-0.05, 0) is 70.8 Å². The summed E-state index contributed by atoms with van der Waals surface area (Å²) in [5, 5.41) is 0. The molecule has 0 saturated carbocycles. The summed E-state index contributed by atoms with van der Waals surface area (Å²) >= 11 is 0. The number of carbonyl (C=O) groups is 1. The first kappa shape index (κ1) is 28.6. The van der Waals surface area contributed by atoms with Gasteiger partial charge in [0.1, 0.15) is 18.5 Å². The number of methoxy groups -OCH3 is 1. The number of hydrogen-bond donors (Lipinski definition) is 0. The van der Waals surface area contributed by atoms with Gasteiger partial charge in [-0.2, -0.15) is 0 Å². The molecule has 2 unspecified atom stereocenters. The van der Waals surface area contributed by atoms with E-state index in [1.54, 1.807) is 6.92 Å². The molecule has 0 heterocycles. The van der Waals surface area contributed by atoms with Crippen LogP contribution < -0.4 is 4.74 Å². The van der Waals surface area contributed by atoms with Crippen molar-refractivity contribution in [3.63, 3.8) is 0 Å². The van der Waals surface area contributed by atoms with Gasteiger partial charge in [-0.3, -0.25) is 0 Å². The zero-order valence-corrected chi connectivity index (χ0v) is 23.6. The van der Waals surface area contributed by atoms with E-state index in [9.17, 15) is 4.79 Å². The summed E-state index contributed by atoms with van der Waals surface area (Å²) in [6, 6.07) is 21.2. The van der Waals surface area contributed by atoms with Crippen LogP contribution in [-0.2, 0) is 38.3 Å². The van der Waals surface area contributed by atoms with Gasteiger partial charge < -0.3 is 18.9 Å². The smallest absolute Gasteiger partial charge is 0.335 e. The molecule has 2 atom stereocenters. The molecular weight excluding hydrogens is 488 g/mol. The zero-order valence-electron chi connectivity index (χ0n) is 23.6. The fourth-order valence-electron chi connectivity index (χ4n) is 4.96. The molecule has 0 spiro atoms. The molecule has 3 aromatic rings. The molecule has 4 rings (SSSR count). The summed E-state index contributed by atoms with van der Waals surface area (Å²) in [5.41, 5.74) is 8.45. The van der Waals surface area contributed by atoms with Crippen LogP contribution in [-0.4, -0.2) is 39.0 Å². The maximum atomic E-state index is 12.0. The lowest BCUT2D eigenvalue weighted by Crippen LogP contribution is -2.27. The number of hydrogen-bond acceptors (Lipinski definition) is 5. The van der Waals surface area contributed by atoms with Crippen molar-refractivity contribution in [3.8, 4) is 5.75 Å². The van der Waals surface area contributed by atoms with Crippen LogP contribution in [0.15, 0.2) is 60.7 Å². The molecule has 0 N–H and O–H groups in total. The molecule has 0 aliphatic heterocycles. The highest BCUT2D eigenvalue weighted by atomic mass is 16.6. The van der Waals surface area contributed by atoms with Gasteiger partial charge in [0.2, 0.25) is 0 Å². The average molecular weight is 529 g/mol. The molecule has 0 bridgehead atoms. The van der Waals surface area contributed by atoms with E-state index in [0.717, 1.165) is 30.6 Å². The lowest BCUT2D eigenvalue weighted by Gasteiger charge is -2.22. The van der Waals surface area contributed by atoms with Crippen LogP contribution in [0.5, 0.6) is 5.75 Å². The molecule has 39 heavy (non-hydrogen) atoms. The van der Waals surface area contributed by atoms with Crippen molar-refractivity contribution in [2.45, 2.75) is 58.7 Å².